The summed E-state index contributed by atoms with van der Waals surface area (Å²) in [5, 5.41) is 15.8. The van der Waals surface area contributed by atoms with E-state index in [0.717, 1.165) is 22.4 Å². The first-order valence-electron chi connectivity index (χ1n) is 13.9. The Morgan fingerprint density at radius 3 is 2.10 bits per heavy atom. The maximum absolute atomic E-state index is 12.6. The number of carboxylic acids is 1. The molecule has 0 radical (unpaired) electrons. The Bertz CT molecular complexity index is 1700. The van der Waals surface area contributed by atoms with Crippen molar-refractivity contribution in [2.24, 2.45) is 0 Å². The Morgan fingerprint density at radius 2 is 1.38 bits per heavy atom. The second kappa shape index (κ2) is 12.1. The zero-order chi connectivity index (χ0) is 28.9. The molecule has 0 aliphatic heterocycles. The van der Waals surface area contributed by atoms with Gasteiger partial charge in [-0.05, 0) is 69.3 Å². The Hall–Kier alpha value is -5.20. The molecule has 5 aromatic carbocycles. The maximum Gasteiger partial charge on any atom is 0.337 e. The van der Waals surface area contributed by atoms with E-state index in [1.54, 1.807) is 24.3 Å². The van der Waals surface area contributed by atoms with Crippen molar-refractivity contribution in [3.63, 3.8) is 0 Å². The molecule has 0 amide bonds. The maximum atomic E-state index is 12.6. The number of para-hydroxylation sites is 1. The summed E-state index contributed by atoms with van der Waals surface area (Å²) in [7, 11) is 0. The number of hydrogen-bond acceptors (Lipinski definition) is 5. The highest BCUT2D eigenvalue weighted by Crippen LogP contribution is 2.44. The van der Waals surface area contributed by atoms with Gasteiger partial charge >= 0.3 is 11.9 Å². The number of aromatic carboxylic acids is 1. The van der Waals surface area contributed by atoms with Crippen molar-refractivity contribution < 1.29 is 19.4 Å². The highest BCUT2D eigenvalue weighted by Gasteiger charge is 2.28. The van der Waals surface area contributed by atoms with Gasteiger partial charge in [-0.2, -0.15) is 0 Å². The Labute approximate surface area is 244 Å². The van der Waals surface area contributed by atoms with Crippen molar-refractivity contribution in [3.05, 3.63) is 144 Å². The van der Waals surface area contributed by atoms with E-state index in [4.69, 9.17) is 4.74 Å². The number of hydrogen-bond donors (Lipinski definition) is 3. The standard InChI is InChI=1S/C36H30N2O4/c39-35(42-23-33-30-12-3-1-10-28(30)29-11-2-4-13-31(29)33)22-37-21-24-8-7-9-26(20-24)25-16-18-27(19-17-25)38-34-15-6-5-14-32(34)36(40)41/h1-20,33,37-38H,21-23H2,(H,40,41). The van der Waals surface area contributed by atoms with Crippen LogP contribution in [0.5, 0.6) is 0 Å². The number of benzene rings is 5. The molecule has 5 aromatic rings. The lowest BCUT2D eigenvalue weighted by molar-refractivity contribution is -0.142. The van der Waals surface area contributed by atoms with Crippen LogP contribution in [0.4, 0.5) is 11.4 Å². The van der Waals surface area contributed by atoms with E-state index in [2.05, 4.69) is 41.0 Å². The van der Waals surface area contributed by atoms with Gasteiger partial charge in [0.05, 0.1) is 17.8 Å². The normalized spacial score (nSPS) is 11.9. The number of carboxylic acid groups (broad SMARTS) is 1. The number of rotatable bonds is 10. The van der Waals surface area contributed by atoms with Gasteiger partial charge in [0.1, 0.15) is 6.61 Å². The average Bonchev–Trinajstić information content (AvgIpc) is 3.34. The first-order valence-corrected chi connectivity index (χ1v) is 13.9. The molecule has 0 fully saturated rings. The number of anilines is 2. The third-order valence-corrected chi connectivity index (χ3v) is 7.55. The molecule has 0 heterocycles. The van der Waals surface area contributed by atoms with Gasteiger partial charge in [-0.1, -0.05) is 91.0 Å². The van der Waals surface area contributed by atoms with Crippen molar-refractivity contribution in [1.29, 1.82) is 0 Å². The molecular formula is C36H30N2O4. The summed E-state index contributed by atoms with van der Waals surface area (Å²) in [5.74, 6) is -1.20. The number of carbonyl (C=O) groups excluding carboxylic acids is 1. The van der Waals surface area contributed by atoms with Crippen LogP contribution < -0.4 is 10.6 Å². The lowest BCUT2D eigenvalue weighted by Gasteiger charge is -2.14. The largest absolute Gasteiger partial charge is 0.478 e. The van der Waals surface area contributed by atoms with E-state index < -0.39 is 5.97 Å². The molecule has 6 heteroatoms. The summed E-state index contributed by atoms with van der Waals surface area (Å²) in [6.07, 6.45) is 0. The van der Waals surface area contributed by atoms with Crippen LogP contribution in [0.1, 0.15) is 33.0 Å². The number of carbonyl (C=O) groups is 2. The second-order valence-electron chi connectivity index (χ2n) is 10.3. The molecule has 42 heavy (non-hydrogen) atoms. The molecule has 0 atom stereocenters. The predicted octanol–water partition coefficient (Wildman–Crippen LogP) is 7.24. The summed E-state index contributed by atoms with van der Waals surface area (Å²) in [6.45, 7) is 0.971. The Balaban J connectivity index is 1.03. The fourth-order valence-electron chi connectivity index (χ4n) is 5.52. The van der Waals surface area contributed by atoms with Crippen LogP contribution in [0.3, 0.4) is 0 Å². The molecule has 3 N–H and O–H groups in total. The fraction of sp³-hybridized carbons (Fsp3) is 0.111. The molecule has 1 aliphatic rings. The third-order valence-electron chi connectivity index (χ3n) is 7.55. The quantitative estimate of drug-likeness (QED) is 0.158. The number of fused-ring (bicyclic) bond motifs is 3. The van der Waals surface area contributed by atoms with E-state index in [9.17, 15) is 14.7 Å². The third kappa shape index (κ3) is 5.80. The first kappa shape index (κ1) is 27.0. The minimum absolute atomic E-state index is 0.0477. The van der Waals surface area contributed by atoms with E-state index in [1.165, 1.54) is 22.3 Å². The van der Waals surface area contributed by atoms with Crippen molar-refractivity contribution in [3.8, 4) is 22.3 Å². The van der Waals surface area contributed by atoms with Crippen LogP contribution in [0.25, 0.3) is 22.3 Å². The molecule has 0 saturated carbocycles. The smallest absolute Gasteiger partial charge is 0.337 e. The summed E-state index contributed by atoms with van der Waals surface area (Å²) in [6, 6.07) is 39.4. The van der Waals surface area contributed by atoms with Crippen molar-refractivity contribution in [1.82, 2.24) is 5.32 Å². The number of esters is 1. The van der Waals surface area contributed by atoms with E-state index in [1.807, 2.05) is 66.7 Å². The highest BCUT2D eigenvalue weighted by molar-refractivity contribution is 5.95. The van der Waals surface area contributed by atoms with Crippen LogP contribution in [0.2, 0.25) is 0 Å². The molecule has 0 aromatic heterocycles. The average molecular weight is 555 g/mol. The predicted molar refractivity (Wildman–Crippen MR) is 165 cm³/mol. The molecule has 0 bridgehead atoms. The van der Waals surface area contributed by atoms with E-state index in [-0.39, 0.29) is 24.0 Å². The lowest BCUT2D eigenvalue weighted by atomic mass is 9.98. The van der Waals surface area contributed by atoms with Gasteiger partial charge < -0.3 is 20.5 Å². The van der Waals surface area contributed by atoms with Crippen molar-refractivity contribution >= 4 is 23.3 Å². The monoisotopic (exact) mass is 554 g/mol. The Kier molecular flexibility index (Phi) is 7.79. The van der Waals surface area contributed by atoms with Crippen LogP contribution >= 0.6 is 0 Å². The van der Waals surface area contributed by atoms with E-state index in [0.29, 0.717) is 18.8 Å². The number of ether oxygens (including phenoxy) is 1. The molecule has 0 unspecified atom stereocenters. The molecule has 6 nitrogen and oxygen atoms in total. The van der Waals surface area contributed by atoms with Crippen LogP contribution in [-0.4, -0.2) is 30.2 Å². The first-order chi connectivity index (χ1) is 20.6. The molecule has 6 rings (SSSR count). The Morgan fingerprint density at radius 1 is 0.714 bits per heavy atom. The van der Waals surface area contributed by atoms with Gasteiger partial charge in [-0.25, -0.2) is 4.79 Å². The lowest BCUT2D eigenvalue weighted by Crippen LogP contribution is -2.25. The van der Waals surface area contributed by atoms with Gasteiger partial charge in [-0.3, -0.25) is 4.79 Å². The number of nitrogens with one attached hydrogen (secondary N) is 2. The van der Waals surface area contributed by atoms with Crippen molar-refractivity contribution in [2.75, 3.05) is 18.5 Å². The van der Waals surface area contributed by atoms with Crippen LogP contribution in [-0.2, 0) is 16.1 Å². The second-order valence-corrected chi connectivity index (χ2v) is 10.3. The molecule has 208 valence electrons. The topological polar surface area (TPSA) is 87.7 Å². The SMILES string of the molecule is O=C(CNCc1cccc(-c2ccc(Nc3ccccc3C(=O)O)cc2)c1)OCC1c2ccccc2-c2ccccc21. The summed E-state index contributed by atoms with van der Waals surface area (Å²) >= 11 is 0. The summed E-state index contributed by atoms with van der Waals surface area (Å²) in [4.78, 5) is 24.1. The van der Waals surface area contributed by atoms with Crippen molar-refractivity contribution in [2.45, 2.75) is 12.5 Å². The zero-order valence-corrected chi connectivity index (χ0v) is 22.9. The minimum atomic E-state index is -0.973. The van der Waals surface area contributed by atoms with Gasteiger partial charge in [0, 0.05) is 18.2 Å². The highest BCUT2D eigenvalue weighted by atomic mass is 16.5. The van der Waals surface area contributed by atoms with Gasteiger partial charge in [0.25, 0.3) is 0 Å². The van der Waals surface area contributed by atoms with Gasteiger partial charge in [0.2, 0.25) is 0 Å². The van der Waals surface area contributed by atoms with Crippen LogP contribution in [0.15, 0.2) is 121 Å². The minimum Gasteiger partial charge on any atom is -0.478 e. The summed E-state index contributed by atoms with van der Waals surface area (Å²) in [5.41, 5.74) is 9.52. The van der Waals surface area contributed by atoms with Gasteiger partial charge in [0.15, 0.2) is 0 Å². The molecule has 0 spiro atoms. The fourth-order valence-corrected chi connectivity index (χ4v) is 5.52. The van der Waals surface area contributed by atoms with E-state index >= 15 is 0 Å². The molecular weight excluding hydrogens is 524 g/mol. The molecule has 1 aliphatic carbocycles. The zero-order valence-electron chi connectivity index (χ0n) is 22.9. The van der Waals surface area contributed by atoms with Gasteiger partial charge in [-0.15, -0.1) is 0 Å². The summed E-state index contributed by atoms with van der Waals surface area (Å²) < 4.78 is 5.70. The van der Waals surface area contributed by atoms with Crippen LogP contribution in [0, 0.1) is 0 Å². The molecule has 0 saturated heterocycles.